The van der Waals surface area contributed by atoms with Gasteiger partial charge in [-0.05, 0) is 29.8 Å². The number of aromatic nitrogens is 4. The molecule has 3 aromatic rings. The minimum atomic E-state index is -0.110. The molecule has 1 aliphatic rings. The molecule has 0 saturated carbocycles. The number of nitrogens with zero attached hydrogens (tertiary/aromatic N) is 5. The Balaban J connectivity index is 1.51. The van der Waals surface area contributed by atoms with Crippen LogP contribution in [-0.2, 0) is 6.54 Å². The second-order valence-corrected chi connectivity index (χ2v) is 5.59. The molecule has 0 spiro atoms. The van der Waals surface area contributed by atoms with Gasteiger partial charge in [-0.1, -0.05) is 6.07 Å². The van der Waals surface area contributed by atoms with E-state index in [1.54, 1.807) is 30.3 Å². The fourth-order valence-electron chi connectivity index (χ4n) is 2.61. The summed E-state index contributed by atoms with van der Waals surface area (Å²) in [6.07, 6.45) is 4.54. The Hall–Kier alpha value is -3.42. The second kappa shape index (κ2) is 6.23. The lowest BCUT2D eigenvalue weighted by molar-refractivity contribution is 0.0785. The van der Waals surface area contributed by atoms with Crippen molar-refractivity contribution in [2.75, 3.05) is 13.8 Å². The van der Waals surface area contributed by atoms with Crippen LogP contribution >= 0.6 is 0 Å². The molecule has 8 nitrogen and oxygen atoms in total. The number of amides is 1. The quantitative estimate of drug-likeness (QED) is 0.720. The predicted molar refractivity (Wildman–Crippen MR) is 87.5 cm³/mol. The SMILES string of the molecule is CN(Cc1ccc2c(c1)OCO2)C(=O)c1ccnc(-n2cncn2)c1. The van der Waals surface area contributed by atoms with Crippen molar-refractivity contribution in [3.63, 3.8) is 0 Å². The van der Waals surface area contributed by atoms with E-state index in [4.69, 9.17) is 9.47 Å². The fraction of sp³-hybridized carbons (Fsp3) is 0.176. The first-order valence-electron chi connectivity index (χ1n) is 7.66. The summed E-state index contributed by atoms with van der Waals surface area (Å²) < 4.78 is 12.2. The van der Waals surface area contributed by atoms with Gasteiger partial charge in [0, 0.05) is 25.4 Å². The van der Waals surface area contributed by atoms with Gasteiger partial charge in [-0.15, -0.1) is 0 Å². The molecule has 1 amide bonds. The van der Waals surface area contributed by atoms with Crippen molar-refractivity contribution < 1.29 is 14.3 Å². The van der Waals surface area contributed by atoms with E-state index in [2.05, 4.69) is 15.1 Å². The summed E-state index contributed by atoms with van der Waals surface area (Å²) in [6, 6.07) is 9.03. The topological polar surface area (TPSA) is 82.4 Å². The van der Waals surface area contributed by atoms with Crippen LogP contribution in [0.2, 0.25) is 0 Å². The maximum absolute atomic E-state index is 12.7. The van der Waals surface area contributed by atoms with Crippen LogP contribution in [0.25, 0.3) is 5.82 Å². The highest BCUT2D eigenvalue weighted by atomic mass is 16.7. The monoisotopic (exact) mass is 337 g/mol. The molecule has 0 unspecified atom stereocenters. The average molecular weight is 337 g/mol. The van der Waals surface area contributed by atoms with Gasteiger partial charge in [0.25, 0.3) is 5.91 Å². The molecule has 0 N–H and O–H groups in total. The lowest BCUT2D eigenvalue weighted by Crippen LogP contribution is -2.26. The van der Waals surface area contributed by atoms with Crippen LogP contribution < -0.4 is 9.47 Å². The Labute approximate surface area is 143 Å². The largest absolute Gasteiger partial charge is 0.454 e. The maximum Gasteiger partial charge on any atom is 0.254 e. The second-order valence-electron chi connectivity index (χ2n) is 5.59. The normalized spacial score (nSPS) is 12.2. The molecule has 25 heavy (non-hydrogen) atoms. The third kappa shape index (κ3) is 3.01. The number of carbonyl (C=O) groups excluding carboxylic acids is 1. The number of carbonyl (C=O) groups is 1. The number of hydrogen-bond donors (Lipinski definition) is 0. The summed E-state index contributed by atoms with van der Waals surface area (Å²) in [5.41, 5.74) is 1.49. The van der Waals surface area contributed by atoms with Gasteiger partial charge in [0.15, 0.2) is 17.3 Å². The Morgan fingerprint density at radius 3 is 2.96 bits per heavy atom. The highest BCUT2D eigenvalue weighted by Gasteiger charge is 2.17. The van der Waals surface area contributed by atoms with Gasteiger partial charge in [-0.2, -0.15) is 5.10 Å². The van der Waals surface area contributed by atoms with E-state index >= 15 is 0 Å². The van der Waals surface area contributed by atoms with Gasteiger partial charge in [0.2, 0.25) is 6.79 Å². The van der Waals surface area contributed by atoms with Crippen LogP contribution in [-0.4, -0.2) is 44.4 Å². The van der Waals surface area contributed by atoms with E-state index in [1.807, 2.05) is 18.2 Å². The van der Waals surface area contributed by atoms with Crippen molar-refractivity contribution in [2.45, 2.75) is 6.54 Å². The number of rotatable bonds is 4. The van der Waals surface area contributed by atoms with E-state index in [0.29, 0.717) is 23.7 Å². The zero-order chi connectivity index (χ0) is 17.2. The smallest absolute Gasteiger partial charge is 0.254 e. The molecule has 0 atom stereocenters. The molecular formula is C17H15N5O3. The summed E-state index contributed by atoms with van der Waals surface area (Å²) in [6.45, 7) is 0.687. The first-order valence-corrected chi connectivity index (χ1v) is 7.66. The van der Waals surface area contributed by atoms with E-state index in [1.165, 1.54) is 17.3 Å². The molecule has 0 fully saturated rings. The lowest BCUT2D eigenvalue weighted by atomic mass is 10.1. The number of benzene rings is 1. The minimum absolute atomic E-state index is 0.110. The third-order valence-corrected chi connectivity index (χ3v) is 3.85. The number of pyridine rings is 1. The zero-order valence-electron chi connectivity index (χ0n) is 13.5. The Kier molecular flexibility index (Phi) is 3.77. The Morgan fingerprint density at radius 1 is 1.24 bits per heavy atom. The van der Waals surface area contributed by atoms with Crippen LogP contribution in [0.5, 0.6) is 11.5 Å². The van der Waals surface area contributed by atoms with Crippen molar-refractivity contribution in [2.24, 2.45) is 0 Å². The molecular weight excluding hydrogens is 322 g/mol. The van der Waals surface area contributed by atoms with E-state index in [-0.39, 0.29) is 12.7 Å². The zero-order valence-corrected chi connectivity index (χ0v) is 13.5. The summed E-state index contributed by atoms with van der Waals surface area (Å²) in [5, 5.41) is 4.03. The Morgan fingerprint density at radius 2 is 2.12 bits per heavy atom. The highest BCUT2D eigenvalue weighted by molar-refractivity contribution is 5.94. The van der Waals surface area contributed by atoms with Crippen molar-refractivity contribution >= 4 is 5.91 Å². The van der Waals surface area contributed by atoms with Gasteiger partial charge in [-0.25, -0.2) is 14.6 Å². The summed E-state index contributed by atoms with van der Waals surface area (Å²) in [5.74, 6) is 1.86. The predicted octanol–water partition coefficient (Wildman–Crippen LogP) is 1.66. The molecule has 1 aliphatic heterocycles. The molecule has 4 rings (SSSR count). The van der Waals surface area contributed by atoms with E-state index in [0.717, 1.165) is 11.3 Å². The van der Waals surface area contributed by atoms with Crippen LogP contribution in [0, 0.1) is 0 Å². The van der Waals surface area contributed by atoms with Crippen molar-refractivity contribution in [3.8, 4) is 17.3 Å². The van der Waals surface area contributed by atoms with Crippen molar-refractivity contribution in [1.29, 1.82) is 0 Å². The van der Waals surface area contributed by atoms with Crippen LogP contribution in [0.4, 0.5) is 0 Å². The fourth-order valence-corrected chi connectivity index (χ4v) is 2.61. The van der Waals surface area contributed by atoms with Crippen LogP contribution in [0.3, 0.4) is 0 Å². The first-order chi connectivity index (χ1) is 12.2. The van der Waals surface area contributed by atoms with E-state index < -0.39 is 0 Å². The highest BCUT2D eigenvalue weighted by Crippen LogP contribution is 2.32. The minimum Gasteiger partial charge on any atom is -0.454 e. The first kappa shape index (κ1) is 15.1. The summed E-state index contributed by atoms with van der Waals surface area (Å²) in [4.78, 5) is 22.4. The summed E-state index contributed by atoms with van der Waals surface area (Å²) >= 11 is 0. The van der Waals surface area contributed by atoms with Crippen LogP contribution in [0.15, 0.2) is 49.2 Å². The average Bonchev–Trinajstić information content (AvgIpc) is 3.32. The molecule has 2 aromatic heterocycles. The third-order valence-electron chi connectivity index (χ3n) is 3.85. The lowest BCUT2D eigenvalue weighted by Gasteiger charge is -2.18. The van der Waals surface area contributed by atoms with Crippen LogP contribution in [0.1, 0.15) is 15.9 Å². The van der Waals surface area contributed by atoms with Crippen molar-refractivity contribution in [3.05, 3.63) is 60.3 Å². The molecule has 0 bridgehead atoms. The molecule has 0 aliphatic carbocycles. The number of fused-ring (bicyclic) bond motifs is 1. The molecule has 0 radical (unpaired) electrons. The number of hydrogen-bond acceptors (Lipinski definition) is 6. The van der Waals surface area contributed by atoms with Crippen molar-refractivity contribution in [1.82, 2.24) is 24.6 Å². The van der Waals surface area contributed by atoms with Gasteiger partial charge in [0.1, 0.15) is 12.7 Å². The van der Waals surface area contributed by atoms with Gasteiger partial charge in [-0.3, -0.25) is 4.79 Å². The van der Waals surface area contributed by atoms with E-state index in [9.17, 15) is 4.79 Å². The standard InChI is InChI=1S/C17H15N5O3/c1-21(8-12-2-3-14-15(6-12)25-11-24-14)17(23)13-4-5-19-16(7-13)22-10-18-9-20-22/h2-7,9-10H,8,11H2,1H3. The Bertz CT molecular complexity index is 910. The molecule has 1 aromatic carbocycles. The van der Waals surface area contributed by atoms with Gasteiger partial charge < -0.3 is 14.4 Å². The summed E-state index contributed by atoms with van der Waals surface area (Å²) in [7, 11) is 1.75. The maximum atomic E-state index is 12.7. The molecule has 126 valence electrons. The van der Waals surface area contributed by atoms with Gasteiger partial charge in [0.05, 0.1) is 0 Å². The molecule has 0 saturated heterocycles. The van der Waals surface area contributed by atoms with Gasteiger partial charge >= 0.3 is 0 Å². The number of ether oxygens (including phenoxy) is 2. The molecule has 3 heterocycles. The molecule has 8 heteroatoms.